The second kappa shape index (κ2) is 11.6. The lowest BCUT2D eigenvalue weighted by molar-refractivity contribution is -0.143. The van der Waals surface area contributed by atoms with Crippen molar-refractivity contribution in [2.45, 2.75) is 25.7 Å². The van der Waals surface area contributed by atoms with E-state index in [1.54, 1.807) is 12.2 Å². The summed E-state index contributed by atoms with van der Waals surface area (Å²) in [6.07, 6.45) is 5.00. The first-order valence-electron chi connectivity index (χ1n) is 8.78. The van der Waals surface area contributed by atoms with Gasteiger partial charge in [0, 0.05) is 12.8 Å². The summed E-state index contributed by atoms with van der Waals surface area (Å²) in [5.74, 6) is -0.593. The van der Waals surface area contributed by atoms with E-state index >= 15 is 0 Å². The second-order valence-corrected chi connectivity index (χ2v) is 5.79. The predicted octanol–water partition coefficient (Wildman–Crippen LogP) is 3.89. The summed E-state index contributed by atoms with van der Waals surface area (Å²) in [7, 11) is 0. The summed E-state index contributed by atoms with van der Waals surface area (Å²) in [6, 6.07) is 19.7. The Morgan fingerprint density at radius 1 is 0.654 bits per heavy atom. The lowest BCUT2D eigenvalue weighted by atomic mass is 10.2. The summed E-state index contributed by atoms with van der Waals surface area (Å²) >= 11 is 0. The van der Waals surface area contributed by atoms with Gasteiger partial charge in [-0.1, -0.05) is 72.8 Å². The van der Waals surface area contributed by atoms with Crippen molar-refractivity contribution in [1.29, 1.82) is 0 Å². The zero-order valence-corrected chi connectivity index (χ0v) is 14.8. The van der Waals surface area contributed by atoms with E-state index in [1.165, 1.54) is 0 Å². The molecule has 0 aliphatic heterocycles. The molecule has 0 aliphatic rings. The molecular formula is C22H24O4. The van der Waals surface area contributed by atoms with Crippen molar-refractivity contribution in [3.63, 3.8) is 0 Å². The average Bonchev–Trinajstić information content (AvgIpc) is 2.67. The zero-order valence-electron chi connectivity index (χ0n) is 14.8. The highest BCUT2D eigenvalue weighted by Crippen LogP contribution is 2.02. The van der Waals surface area contributed by atoms with Crippen LogP contribution in [0.4, 0.5) is 0 Å². The van der Waals surface area contributed by atoms with Crippen LogP contribution in [0, 0.1) is 0 Å². The van der Waals surface area contributed by atoms with Gasteiger partial charge in [0.25, 0.3) is 0 Å². The highest BCUT2D eigenvalue weighted by Gasteiger charge is 2.02. The van der Waals surface area contributed by atoms with Crippen molar-refractivity contribution < 1.29 is 19.1 Å². The Labute approximate surface area is 154 Å². The van der Waals surface area contributed by atoms with E-state index in [0.29, 0.717) is 26.1 Å². The van der Waals surface area contributed by atoms with E-state index in [0.717, 1.165) is 11.1 Å². The van der Waals surface area contributed by atoms with Gasteiger partial charge in [-0.25, -0.2) is 0 Å². The minimum atomic E-state index is -0.297. The van der Waals surface area contributed by atoms with Crippen molar-refractivity contribution in [1.82, 2.24) is 0 Å². The quantitative estimate of drug-likeness (QED) is 0.481. The molecule has 4 heteroatoms. The smallest absolute Gasteiger partial charge is 0.309 e. The largest absolute Gasteiger partial charge is 0.465 e. The molecule has 0 bridgehead atoms. The number of carbonyl (C=O) groups excluding carboxylic acids is 2. The van der Waals surface area contributed by atoms with E-state index in [-0.39, 0.29) is 24.8 Å². The third kappa shape index (κ3) is 8.29. The van der Waals surface area contributed by atoms with Gasteiger partial charge in [-0.2, -0.15) is 0 Å². The van der Waals surface area contributed by atoms with E-state index < -0.39 is 0 Å². The Balaban J connectivity index is 1.52. The van der Waals surface area contributed by atoms with Crippen molar-refractivity contribution >= 4 is 11.9 Å². The number of hydrogen-bond acceptors (Lipinski definition) is 4. The van der Waals surface area contributed by atoms with Crippen LogP contribution in [0.1, 0.15) is 24.0 Å². The van der Waals surface area contributed by atoms with E-state index in [1.807, 2.05) is 60.7 Å². The van der Waals surface area contributed by atoms with Crippen molar-refractivity contribution in [2.24, 2.45) is 0 Å². The SMILES string of the molecule is O=C(C/C=C/CC(=O)OCCc1ccccc1)OCCc1ccccc1. The van der Waals surface area contributed by atoms with Gasteiger partial charge in [0.15, 0.2) is 0 Å². The van der Waals surface area contributed by atoms with E-state index in [2.05, 4.69) is 0 Å². The topological polar surface area (TPSA) is 52.6 Å². The molecule has 0 radical (unpaired) electrons. The fraction of sp³-hybridized carbons (Fsp3) is 0.273. The van der Waals surface area contributed by atoms with Gasteiger partial charge >= 0.3 is 11.9 Å². The first-order valence-corrected chi connectivity index (χ1v) is 8.78. The number of esters is 2. The minimum Gasteiger partial charge on any atom is -0.465 e. The fourth-order valence-electron chi connectivity index (χ4n) is 2.33. The first kappa shape index (κ1) is 19.4. The Kier molecular flexibility index (Phi) is 8.70. The highest BCUT2D eigenvalue weighted by atomic mass is 16.5. The second-order valence-electron chi connectivity index (χ2n) is 5.79. The molecule has 0 amide bonds. The summed E-state index contributed by atoms with van der Waals surface area (Å²) in [4.78, 5) is 23.2. The van der Waals surface area contributed by atoms with Crippen LogP contribution in [-0.2, 0) is 31.9 Å². The summed E-state index contributed by atoms with van der Waals surface area (Å²) in [5, 5.41) is 0. The summed E-state index contributed by atoms with van der Waals surface area (Å²) < 4.78 is 10.3. The van der Waals surface area contributed by atoms with Crippen LogP contribution in [0.5, 0.6) is 0 Å². The summed E-state index contributed by atoms with van der Waals surface area (Å²) in [6.45, 7) is 0.719. The molecule has 0 aliphatic carbocycles. The lowest BCUT2D eigenvalue weighted by Gasteiger charge is -2.04. The molecule has 2 aromatic carbocycles. The molecule has 0 aromatic heterocycles. The number of ether oxygens (including phenoxy) is 2. The van der Waals surface area contributed by atoms with Crippen LogP contribution in [-0.4, -0.2) is 25.2 Å². The predicted molar refractivity (Wildman–Crippen MR) is 101 cm³/mol. The molecule has 0 fully saturated rings. The maximum atomic E-state index is 11.6. The molecule has 0 spiro atoms. The Morgan fingerprint density at radius 3 is 1.42 bits per heavy atom. The van der Waals surface area contributed by atoms with Gasteiger partial charge in [0.05, 0.1) is 26.1 Å². The molecule has 2 aromatic rings. The van der Waals surface area contributed by atoms with Crippen LogP contribution < -0.4 is 0 Å². The van der Waals surface area contributed by atoms with Crippen molar-refractivity contribution in [2.75, 3.05) is 13.2 Å². The van der Waals surface area contributed by atoms with Gasteiger partial charge < -0.3 is 9.47 Å². The fourth-order valence-corrected chi connectivity index (χ4v) is 2.33. The van der Waals surface area contributed by atoms with Gasteiger partial charge in [-0.15, -0.1) is 0 Å². The van der Waals surface area contributed by atoms with E-state index in [4.69, 9.17) is 9.47 Å². The zero-order chi connectivity index (χ0) is 18.5. The molecule has 0 heterocycles. The molecule has 0 atom stereocenters. The number of benzene rings is 2. The maximum absolute atomic E-state index is 11.6. The van der Waals surface area contributed by atoms with Gasteiger partial charge in [-0.05, 0) is 11.1 Å². The van der Waals surface area contributed by atoms with Gasteiger partial charge in [0.1, 0.15) is 0 Å². The summed E-state index contributed by atoms with van der Waals surface area (Å²) in [5.41, 5.74) is 2.27. The Hall–Kier alpha value is -2.88. The van der Waals surface area contributed by atoms with Crippen LogP contribution in [0.15, 0.2) is 72.8 Å². The molecule has 136 valence electrons. The molecule has 0 N–H and O–H groups in total. The number of hydrogen-bond donors (Lipinski definition) is 0. The number of carbonyl (C=O) groups is 2. The van der Waals surface area contributed by atoms with Gasteiger partial charge in [0.2, 0.25) is 0 Å². The Morgan fingerprint density at radius 2 is 1.04 bits per heavy atom. The highest BCUT2D eigenvalue weighted by molar-refractivity contribution is 5.73. The standard InChI is InChI=1S/C22H24O4/c23-21(25-17-15-19-9-3-1-4-10-19)13-7-8-14-22(24)26-18-16-20-11-5-2-6-12-20/h1-12H,13-18H2/b8-7+. The van der Waals surface area contributed by atoms with Crippen molar-refractivity contribution in [3.8, 4) is 0 Å². The molecule has 26 heavy (non-hydrogen) atoms. The van der Waals surface area contributed by atoms with Crippen molar-refractivity contribution in [3.05, 3.63) is 83.9 Å². The average molecular weight is 352 g/mol. The minimum absolute atomic E-state index is 0.159. The first-order chi connectivity index (χ1) is 12.7. The third-order valence-corrected chi connectivity index (χ3v) is 3.73. The maximum Gasteiger partial charge on any atom is 0.309 e. The molecule has 2 rings (SSSR count). The van der Waals surface area contributed by atoms with Gasteiger partial charge in [-0.3, -0.25) is 9.59 Å². The molecule has 0 unspecified atom stereocenters. The van der Waals surface area contributed by atoms with E-state index in [9.17, 15) is 9.59 Å². The number of rotatable bonds is 10. The van der Waals surface area contributed by atoms with Crippen LogP contribution in [0.25, 0.3) is 0 Å². The van der Waals surface area contributed by atoms with Crippen LogP contribution >= 0.6 is 0 Å². The normalized spacial score (nSPS) is 10.6. The third-order valence-electron chi connectivity index (χ3n) is 3.73. The molecule has 0 saturated carbocycles. The lowest BCUT2D eigenvalue weighted by Crippen LogP contribution is -2.07. The molecule has 4 nitrogen and oxygen atoms in total. The monoisotopic (exact) mass is 352 g/mol. The molecule has 0 saturated heterocycles. The van der Waals surface area contributed by atoms with Crippen LogP contribution in [0.3, 0.4) is 0 Å². The van der Waals surface area contributed by atoms with Crippen LogP contribution in [0.2, 0.25) is 0 Å². The molecular weight excluding hydrogens is 328 g/mol. The Bertz CT molecular complexity index is 631.